The number of hydrogen-bond acceptors (Lipinski definition) is 5. The number of carbonyl (C=O) groups is 2. The lowest BCUT2D eigenvalue weighted by molar-refractivity contribution is -0.139. The molecule has 1 rings (SSSR count). The first kappa shape index (κ1) is 23.7. The zero-order chi connectivity index (χ0) is 21.3. The van der Waals surface area contributed by atoms with Crippen LogP contribution in [0.25, 0.3) is 0 Å². The highest BCUT2D eigenvalue weighted by molar-refractivity contribution is 5.71. The average molecular weight is 392 g/mol. The third kappa shape index (κ3) is 8.57. The highest BCUT2D eigenvalue weighted by Gasteiger charge is 2.29. The molecule has 0 aliphatic carbocycles. The summed E-state index contributed by atoms with van der Waals surface area (Å²) in [6.45, 7) is 9.08. The van der Waals surface area contributed by atoms with E-state index in [1.165, 1.54) is 7.11 Å². The summed E-state index contributed by atoms with van der Waals surface area (Å²) in [4.78, 5) is 23.6. The van der Waals surface area contributed by atoms with Gasteiger partial charge in [-0.15, -0.1) is 0 Å². The number of nitrogens with one attached hydrogen (secondary N) is 1. The van der Waals surface area contributed by atoms with Gasteiger partial charge in [0.15, 0.2) is 0 Å². The Bertz CT molecular complexity index is 663. The van der Waals surface area contributed by atoms with Crippen molar-refractivity contribution in [2.24, 2.45) is 5.92 Å². The van der Waals surface area contributed by atoms with Crippen LogP contribution < -0.4 is 5.32 Å². The predicted molar refractivity (Wildman–Crippen MR) is 109 cm³/mol. The van der Waals surface area contributed by atoms with Crippen LogP contribution in [0.4, 0.5) is 4.79 Å². The van der Waals surface area contributed by atoms with Crippen molar-refractivity contribution >= 4 is 12.1 Å². The van der Waals surface area contributed by atoms with E-state index in [9.17, 15) is 14.7 Å². The minimum atomic E-state index is -0.860. The van der Waals surface area contributed by atoms with Gasteiger partial charge < -0.3 is 19.9 Å². The quantitative estimate of drug-likeness (QED) is 0.522. The Balaban J connectivity index is 2.94. The minimum Gasteiger partial charge on any atom is -0.469 e. The van der Waals surface area contributed by atoms with Crippen LogP contribution in [0.2, 0.25) is 0 Å². The average Bonchev–Trinajstić information content (AvgIpc) is 2.63. The largest absolute Gasteiger partial charge is 0.469 e. The summed E-state index contributed by atoms with van der Waals surface area (Å²) in [6, 6.07) is 9.09. The molecule has 1 aromatic carbocycles. The van der Waals surface area contributed by atoms with Gasteiger partial charge in [-0.3, -0.25) is 4.79 Å². The number of methoxy groups -OCH3 is 1. The van der Waals surface area contributed by atoms with E-state index in [1.807, 2.05) is 44.2 Å². The first-order chi connectivity index (χ1) is 13.0. The summed E-state index contributed by atoms with van der Waals surface area (Å²) in [5, 5.41) is 13.8. The number of esters is 1. The van der Waals surface area contributed by atoms with Gasteiger partial charge in [-0.1, -0.05) is 48.9 Å². The van der Waals surface area contributed by atoms with Crippen LogP contribution in [0.15, 0.2) is 42.0 Å². The molecular formula is C22H33NO5. The minimum absolute atomic E-state index is 0.141. The smallest absolute Gasteiger partial charge is 0.407 e. The number of amides is 1. The van der Waals surface area contributed by atoms with Crippen LogP contribution in [0.5, 0.6) is 0 Å². The van der Waals surface area contributed by atoms with Crippen molar-refractivity contribution in [2.75, 3.05) is 7.11 Å². The van der Waals surface area contributed by atoms with Crippen molar-refractivity contribution in [3.05, 3.63) is 47.5 Å². The molecule has 0 aromatic heterocycles. The molecule has 6 heteroatoms. The van der Waals surface area contributed by atoms with E-state index in [0.717, 1.165) is 11.1 Å². The monoisotopic (exact) mass is 391 g/mol. The van der Waals surface area contributed by atoms with Crippen molar-refractivity contribution in [2.45, 2.75) is 65.2 Å². The van der Waals surface area contributed by atoms with Crippen molar-refractivity contribution in [1.82, 2.24) is 5.32 Å². The molecule has 0 spiro atoms. The maximum absolute atomic E-state index is 12.3. The molecule has 0 aliphatic rings. The first-order valence-electron chi connectivity index (χ1n) is 9.48. The number of aliphatic hydroxyl groups excluding tert-OH is 1. The van der Waals surface area contributed by atoms with Crippen LogP contribution in [0, 0.1) is 5.92 Å². The van der Waals surface area contributed by atoms with Gasteiger partial charge in [0.1, 0.15) is 5.60 Å². The highest BCUT2D eigenvalue weighted by atomic mass is 16.6. The van der Waals surface area contributed by atoms with Gasteiger partial charge >= 0.3 is 12.1 Å². The topological polar surface area (TPSA) is 84.9 Å². The van der Waals surface area contributed by atoms with Gasteiger partial charge in [0.2, 0.25) is 0 Å². The van der Waals surface area contributed by atoms with Crippen LogP contribution in [0.3, 0.4) is 0 Å². The number of alkyl carbamates (subject to hydrolysis) is 1. The molecule has 0 saturated carbocycles. The Morgan fingerprint density at radius 3 is 2.36 bits per heavy atom. The molecule has 28 heavy (non-hydrogen) atoms. The molecule has 156 valence electrons. The summed E-state index contributed by atoms with van der Waals surface area (Å²) in [5.74, 6) is -0.609. The third-order valence-electron chi connectivity index (χ3n) is 4.46. The Kier molecular flexibility index (Phi) is 9.19. The van der Waals surface area contributed by atoms with Gasteiger partial charge in [0.25, 0.3) is 0 Å². The van der Waals surface area contributed by atoms with Gasteiger partial charge in [0.05, 0.1) is 25.7 Å². The maximum Gasteiger partial charge on any atom is 0.407 e. The van der Waals surface area contributed by atoms with Crippen molar-refractivity contribution in [3.63, 3.8) is 0 Å². The van der Waals surface area contributed by atoms with E-state index in [1.54, 1.807) is 26.8 Å². The molecule has 0 radical (unpaired) electrons. The summed E-state index contributed by atoms with van der Waals surface area (Å²) in [7, 11) is 1.34. The zero-order valence-electron chi connectivity index (χ0n) is 17.7. The van der Waals surface area contributed by atoms with Crippen molar-refractivity contribution in [3.8, 4) is 0 Å². The lowest BCUT2D eigenvalue weighted by atomic mass is 9.88. The summed E-state index contributed by atoms with van der Waals surface area (Å²) in [5.41, 5.74) is 1.21. The fraction of sp³-hybridized carbons (Fsp3) is 0.545. The fourth-order valence-corrected chi connectivity index (χ4v) is 2.72. The molecule has 3 atom stereocenters. The van der Waals surface area contributed by atoms with Crippen LogP contribution >= 0.6 is 0 Å². The standard InChI is InChI=1S/C22H33NO5/c1-15(12-13-19(24)27-6)16(2)20(25)18(14-17-10-8-7-9-11-17)23-21(26)28-22(3,4)5/h7-12,16,18,20,25H,13-14H2,1-6H3,(H,23,26)/b15-12+/t16-,18-,20-/m0/s1. The van der Waals surface area contributed by atoms with E-state index in [4.69, 9.17) is 4.74 Å². The van der Waals surface area contributed by atoms with Crippen LogP contribution in [0.1, 0.15) is 46.6 Å². The second-order valence-electron chi connectivity index (χ2n) is 7.95. The molecule has 1 amide bonds. The molecule has 0 aliphatic heterocycles. The van der Waals surface area contributed by atoms with Gasteiger partial charge in [-0.05, 0) is 39.7 Å². The maximum atomic E-state index is 12.3. The Labute approximate surface area is 167 Å². The molecule has 0 fully saturated rings. The second-order valence-corrected chi connectivity index (χ2v) is 7.95. The molecule has 0 unspecified atom stereocenters. The summed E-state index contributed by atoms with van der Waals surface area (Å²) >= 11 is 0. The van der Waals surface area contributed by atoms with E-state index in [-0.39, 0.29) is 18.3 Å². The lowest BCUT2D eigenvalue weighted by Crippen LogP contribution is -2.49. The number of hydrogen-bond donors (Lipinski definition) is 2. The predicted octanol–water partition coefficient (Wildman–Crippen LogP) is 3.63. The Morgan fingerprint density at radius 1 is 1.21 bits per heavy atom. The van der Waals surface area contributed by atoms with Crippen LogP contribution in [-0.2, 0) is 20.7 Å². The van der Waals surface area contributed by atoms with Gasteiger partial charge in [-0.25, -0.2) is 4.79 Å². The SMILES string of the molecule is COC(=O)C/C=C(\C)[C@H](C)[C@H](O)[C@H](Cc1ccccc1)NC(=O)OC(C)(C)C. The Morgan fingerprint density at radius 2 is 1.82 bits per heavy atom. The third-order valence-corrected chi connectivity index (χ3v) is 4.46. The van der Waals surface area contributed by atoms with E-state index in [2.05, 4.69) is 10.1 Å². The number of ether oxygens (including phenoxy) is 2. The number of rotatable bonds is 8. The fourth-order valence-electron chi connectivity index (χ4n) is 2.72. The summed E-state index contributed by atoms with van der Waals surface area (Å²) in [6.07, 6.45) is 0.905. The highest BCUT2D eigenvalue weighted by Crippen LogP contribution is 2.21. The number of aliphatic hydroxyl groups is 1. The molecule has 0 heterocycles. The molecule has 2 N–H and O–H groups in total. The molecule has 0 bridgehead atoms. The van der Waals surface area contributed by atoms with Crippen molar-refractivity contribution < 1.29 is 24.2 Å². The van der Waals surface area contributed by atoms with E-state index in [0.29, 0.717) is 6.42 Å². The zero-order valence-corrected chi connectivity index (χ0v) is 17.7. The molecule has 0 saturated heterocycles. The lowest BCUT2D eigenvalue weighted by Gasteiger charge is -2.30. The summed E-state index contributed by atoms with van der Waals surface area (Å²) < 4.78 is 10.00. The van der Waals surface area contributed by atoms with Gasteiger partial charge in [-0.2, -0.15) is 0 Å². The number of carbonyl (C=O) groups excluding carboxylic acids is 2. The second kappa shape index (κ2) is 10.9. The van der Waals surface area contributed by atoms with Gasteiger partial charge in [0, 0.05) is 5.92 Å². The molecule has 1 aromatic rings. The first-order valence-corrected chi connectivity index (χ1v) is 9.48. The normalized spacial score (nSPS) is 15.3. The van der Waals surface area contributed by atoms with Crippen LogP contribution in [-0.4, -0.2) is 42.0 Å². The molecular weight excluding hydrogens is 358 g/mol. The number of benzene rings is 1. The van der Waals surface area contributed by atoms with E-state index >= 15 is 0 Å². The van der Waals surface area contributed by atoms with E-state index < -0.39 is 23.8 Å². The molecule has 6 nitrogen and oxygen atoms in total. The van der Waals surface area contributed by atoms with Crippen molar-refractivity contribution in [1.29, 1.82) is 0 Å². The Hall–Kier alpha value is -2.34.